The van der Waals surface area contributed by atoms with Gasteiger partial charge in [-0.15, -0.1) is 0 Å². The second-order valence-corrected chi connectivity index (χ2v) is 7.34. The molecule has 0 unspecified atom stereocenters. The number of aryl methyl sites for hydroxylation is 1. The number of halogens is 1. The Bertz CT molecular complexity index is 932. The first-order valence-electron chi connectivity index (χ1n) is 8.67. The van der Waals surface area contributed by atoms with Crippen molar-refractivity contribution in [3.63, 3.8) is 0 Å². The molecule has 1 N–H and O–H groups in total. The zero-order valence-corrected chi connectivity index (χ0v) is 16.1. The number of thiocarbonyl (C=S) groups is 1. The minimum atomic E-state index is 0.0850. The minimum Gasteiger partial charge on any atom is -0.348 e. The van der Waals surface area contributed by atoms with Gasteiger partial charge in [-0.2, -0.15) is 0 Å². The lowest BCUT2D eigenvalue weighted by atomic mass is 9.99. The quantitative estimate of drug-likeness (QED) is 0.612. The van der Waals surface area contributed by atoms with Crippen LogP contribution >= 0.6 is 23.8 Å². The molecule has 0 amide bonds. The first-order chi connectivity index (χ1) is 12.6. The van der Waals surface area contributed by atoms with Gasteiger partial charge in [-0.3, -0.25) is 0 Å². The highest BCUT2D eigenvalue weighted by atomic mass is 35.5. The van der Waals surface area contributed by atoms with Crippen LogP contribution in [-0.2, 0) is 6.54 Å². The average molecular weight is 382 g/mol. The predicted octanol–water partition coefficient (Wildman–Crippen LogP) is 5.25. The van der Waals surface area contributed by atoms with Crippen LogP contribution in [0.3, 0.4) is 0 Å². The third kappa shape index (κ3) is 3.22. The van der Waals surface area contributed by atoms with Gasteiger partial charge in [-0.1, -0.05) is 53.6 Å². The summed E-state index contributed by atoms with van der Waals surface area (Å²) in [6, 6.07) is 20.7. The smallest absolute Gasteiger partial charge is 0.174 e. The molecule has 2 heterocycles. The Hall–Kier alpha value is -2.30. The van der Waals surface area contributed by atoms with Crippen molar-refractivity contribution in [3.8, 4) is 0 Å². The van der Waals surface area contributed by atoms with E-state index >= 15 is 0 Å². The highest BCUT2D eigenvalue weighted by Crippen LogP contribution is 2.33. The van der Waals surface area contributed by atoms with E-state index in [4.69, 9.17) is 23.8 Å². The third-order valence-corrected chi connectivity index (χ3v) is 5.47. The van der Waals surface area contributed by atoms with E-state index in [1.807, 2.05) is 24.3 Å². The molecule has 132 valence electrons. The molecule has 1 aromatic heterocycles. The Balaban J connectivity index is 1.68. The molecule has 0 saturated heterocycles. The van der Waals surface area contributed by atoms with Crippen molar-refractivity contribution >= 4 is 34.6 Å². The molecule has 1 atom stereocenters. The summed E-state index contributed by atoms with van der Waals surface area (Å²) in [6.07, 6.45) is 2.14. The Morgan fingerprint density at radius 1 is 1.04 bits per heavy atom. The molecule has 0 saturated carbocycles. The molecule has 1 aliphatic heterocycles. The van der Waals surface area contributed by atoms with Gasteiger partial charge in [0.15, 0.2) is 5.11 Å². The van der Waals surface area contributed by atoms with Crippen LogP contribution in [0.1, 0.15) is 22.9 Å². The molecule has 5 heteroatoms. The van der Waals surface area contributed by atoms with Gasteiger partial charge in [0.2, 0.25) is 0 Å². The van der Waals surface area contributed by atoms with Crippen molar-refractivity contribution in [1.82, 2.24) is 9.47 Å². The molecule has 26 heavy (non-hydrogen) atoms. The van der Waals surface area contributed by atoms with Gasteiger partial charge in [-0.25, -0.2) is 0 Å². The van der Waals surface area contributed by atoms with Crippen LogP contribution in [0.5, 0.6) is 0 Å². The van der Waals surface area contributed by atoms with E-state index in [-0.39, 0.29) is 6.04 Å². The summed E-state index contributed by atoms with van der Waals surface area (Å²) >= 11 is 12.1. The summed E-state index contributed by atoms with van der Waals surface area (Å²) in [5.41, 5.74) is 4.58. The molecular weight excluding hydrogens is 362 g/mol. The molecule has 0 aliphatic carbocycles. The Morgan fingerprint density at radius 2 is 1.81 bits per heavy atom. The fourth-order valence-corrected chi connectivity index (χ4v) is 3.94. The summed E-state index contributed by atoms with van der Waals surface area (Å²) < 4.78 is 2.30. The second kappa shape index (κ2) is 7.14. The molecule has 0 fully saturated rings. The fraction of sp³-hybridized carbons (Fsp3) is 0.190. The molecule has 0 bridgehead atoms. The maximum absolute atomic E-state index is 6.30. The molecule has 2 aromatic carbocycles. The van der Waals surface area contributed by atoms with E-state index in [1.165, 1.54) is 16.8 Å². The Labute approximate surface area is 164 Å². The normalized spacial score (nSPS) is 16.2. The number of hydrogen-bond acceptors (Lipinski definition) is 1. The average Bonchev–Trinajstić information content (AvgIpc) is 3.12. The largest absolute Gasteiger partial charge is 0.348 e. The number of benzene rings is 2. The Morgan fingerprint density at radius 3 is 2.58 bits per heavy atom. The predicted molar refractivity (Wildman–Crippen MR) is 112 cm³/mol. The standard InChI is InChI=1S/C21H20ClN3S/c1-15-8-10-16(11-9-15)20-19-7-4-12-24(19)13-14-25(20)21(26)23-18-6-3-2-5-17(18)22/h2-12,20H,13-14H2,1H3,(H,23,26)/t20-/m0/s1. The summed E-state index contributed by atoms with van der Waals surface area (Å²) in [5.74, 6) is 0. The monoisotopic (exact) mass is 381 g/mol. The van der Waals surface area contributed by atoms with E-state index in [1.54, 1.807) is 0 Å². The third-order valence-electron chi connectivity index (χ3n) is 4.81. The van der Waals surface area contributed by atoms with Crippen molar-refractivity contribution in [1.29, 1.82) is 0 Å². The zero-order valence-electron chi connectivity index (χ0n) is 14.5. The molecular formula is C21H20ClN3S. The number of hydrogen-bond donors (Lipinski definition) is 1. The first kappa shape index (κ1) is 17.1. The summed E-state index contributed by atoms with van der Waals surface area (Å²) in [5, 5.41) is 4.69. The van der Waals surface area contributed by atoms with Crippen molar-refractivity contribution in [2.75, 3.05) is 11.9 Å². The summed E-state index contributed by atoms with van der Waals surface area (Å²) in [4.78, 5) is 2.25. The van der Waals surface area contributed by atoms with Crippen molar-refractivity contribution in [2.45, 2.75) is 19.5 Å². The summed E-state index contributed by atoms with van der Waals surface area (Å²) in [7, 11) is 0. The Kier molecular flexibility index (Phi) is 4.70. The lowest BCUT2D eigenvalue weighted by Crippen LogP contribution is -2.44. The van der Waals surface area contributed by atoms with Crippen LogP contribution in [0.25, 0.3) is 0 Å². The first-order valence-corrected chi connectivity index (χ1v) is 9.46. The van der Waals surface area contributed by atoms with Gasteiger partial charge < -0.3 is 14.8 Å². The van der Waals surface area contributed by atoms with Crippen LogP contribution in [0.2, 0.25) is 5.02 Å². The lowest BCUT2D eigenvalue weighted by molar-refractivity contribution is 0.293. The van der Waals surface area contributed by atoms with E-state index < -0.39 is 0 Å². The number of nitrogens with zero attached hydrogens (tertiary/aromatic N) is 2. The number of aromatic nitrogens is 1. The SMILES string of the molecule is Cc1ccc([C@H]2c3cccn3CCN2C(=S)Nc2ccccc2Cl)cc1. The van der Waals surface area contributed by atoms with Gasteiger partial charge in [-0.05, 0) is 49.0 Å². The highest BCUT2D eigenvalue weighted by molar-refractivity contribution is 7.80. The minimum absolute atomic E-state index is 0.0850. The molecule has 0 spiro atoms. The number of para-hydroxylation sites is 1. The van der Waals surface area contributed by atoms with Gasteiger partial charge in [0, 0.05) is 25.0 Å². The van der Waals surface area contributed by atoms with Crippen LogP contribution in [0.15, 0.2) is 66.9 Å². The molecule has 4 rings (SSSR count). The van der Waals surface area contributed by atoms with Gasteiger partial charge >= 0.3 is 0 Å². The van der Waals surface area contributed by atoms with Gasteiger partial charge in [0.05, 0.1) is 16.8 Å². The number of fused-ring (bicyclic) bond motifs is 1. The van der Waals surface area contributed by atoms with E-state index in [0.717, 1.165) is 18.8 Å². The van der Waals surface area contributed by atoms with Crippen molar-refractivity contribution in [3.05, 3.63) is 88.7 Å². The lowest BCUT2D eigenvalue weighted by Gasteiger charge is -2.39. The topological polar surface area (TPSA) is 20.2 Å². The van der Waals surface area contributed by atoms with Gasteiger partial charge in [0.25, 0.3) is 0 Å². The molecule has 1 aliphatic rings. The number of rotatable bonds is 2. The van der Waals surface area contributed by atoms with E-state index in [2.05, 4.69) is 64.3 Å². The maximum Gasteiger partial charge on any atom is 0.174 e. The van der Waals surface area contributed by atoms with E-state index in [9.17, 15) is 0 Å². The highest BCUT2D eigenvalue weighted by Gasteiger charge is 2.30. The maximum atomic E-state index is 6.30. The van der Waals surface area contributed by atoms with E-state index in [0.29, 0.717) is 10.1 Å². The van der Waals surface area contributed by atoms with Crippen LogP contribution in [0.4, 0.5) is 5.69 Å². The fourth-order valence-electron chi connectivity index (χ4n) is 3.45. The molecule has 3 nitrogen and oxygen atoms in total. The number of nitrogens with one attached hydrogen (secondary N) is 1. The molecule has 0 radical (unpaired) electrons. The summed E-state index contributed by atoms with van der Waals surface area (Å²) in [6.45, 7) is 3.86. The van der Waals surface area contributed by atoms with Crippen LogP contribution in [0, 0.1) is 6.92 Å². The zero-order chi connectivity index (χ0) is 18.1. The van der Waals surface area contributed by atoms with Crippen molar-refractivity contribution in [2.24, 2.45) is 0 Å². The number of anilines is 1. The molecule has 3 aromatic rings. The van der Waals surface area contributed by atoms with Gasteiger partial charge in [0.1, 0.15) is 0 Å². The van der Waals surface area contributed by atoms with Crippen LogP contribution in [-0.4, -0.2) is 21.1 Å². The second-order valence-electron chi connectivity index (χ2n) is 6.54. The van der Waals surface area contributed by atoms with Crippen LogP contribution < -0.4 is 5.32 Å². The van der Waals surface area contributed by atoms with Crippen molar-refractivity contribution < 1.29 is 0 Å².